The number of nitrogens with one attached hydrogen (secondary N) is 1. The van der Waals surface area contributed by atoms with Crippen molar-refractivity contribution < 1.29 is 9.84 Å². The molecule has 0 fully saturated rings. The van der Waals surface area contributed by atoms with Crippen LogP contribution >= 0.6 is 0 Å². The highest BCUT2D eigenvalue weighted by atomic mass is 16.5. The van der Waals surface area contributed by atoms with Crippen LogP contribution in [0.3, 0.4) is 0 Å². The summed E-state index contributed by atoms with van der Waals surface area (Å²) in [7, 11) is 3.50. The Bertz CT molecular complexity index is 271. The van der Waals surface area contributed by atoms with Gasteiger partial charge in [-0.25, -0.2) is 4.98 Å². The summed E-state index contributed by atoms with van der Waals surface area (Å²) in [5.41, 5.74) is 0. The molecule has 6 heteroatoms. The van der Waals surface area contributed by atoms with E-state index in [9.17, 15) is 0 Å². The minimum Gasteiger partial charge on any atom is -0.396 e. The van der Waals surface area contributed by atoms with Gasteiger partial charge in [-0.3, -0.25) is 4.68 Å². The van der Waals surface area contributed by atoms with Crippen molar-refractivity contribution in [2.75, 3.05) is 20.3 Å². The van der Waals surface area contributed by atoms with E-state index < -0.39 is 0 Å². The van der Waals surface area contributed by atoms with Crippen molar-refractivity contribution in [3.8, 4) is 0 Å². The molecule has 1 heterocycles. The van der Waals surface area contributed by atoms with Gasteiger partial charge in [0.1, 0.15) is 12.2 Å². The molecule has 0 bridgehead atoms. The predicted molar refractivity (Wildman–Crippen MR) is 55.2 cm³/mol. The number of aromatic nitrogens is 3. The average Bonchev–Trinajstić information content (AvgIpc) is 2.61. The van der Waals surface area contributed by atoms with Crippen LogP contribution in [0.5, 0.6) is 0 Å². The number of aliphatic hydroxyl groups excluding tert-OH is 1. The molecular weight excluding hydrogens is 196 g/mol. The van der Waals surface area contributed by atoms with Crippen LogP contribution in [0.1, 0.15) is 12.2 Å². The summed E-state index contributed by atoms with van der Waals surface area (Å²) in [5, 5.41) is 16.1. The Morgan fingerprint density at radius 2 is 2.47 bits per heavy atom. The van der Waals surface area contributed by atoms with Crippen molar-refractivity contribution >= 4 is 0 Å². The van der Waals surface area contributed by atoms with Crippen molar-refractivity contribution in [2.24, 2.45) is 7.05 Å². The van der Waals surface area contributed by atoms with Crippen molar-refractivity contribution in [1.82, 2.24) is 20.1 Å². The van der Waals surface area contributed by atoms with E-state index in [2.05, 4.69) is 15.4 Å². The van der Waals surface area contributed by atoms with E-state index in [0.29, 0.717) is 19.6 Å². The lowest BCUT2D eigenvalue weighted by Gasteiger charge is -2.16. The molecule has 1 aromatic heterocycles. The third-order valence-electron chi connectivity index (χ3n) is 2.20. The Morgan fingerprint density at radius 1 is 1.67 bits per heavy atom. The van der Waals surface area contributed by atoms with Gasteiger partial charge in [0.15, 0.2) is 0 Å². The van der Waals surface area contributed by atoms with Gasteiger partial charge in [-0.05, 0) is 6.42 Å². The Balaban J connectivity index is 2.36. The van der Waals surface area contributed by atoms with Gasteiger partial charge in [-0.15, -0.1) is 0 Å². The van der Waals surface area contributed by atoms with Crippen LogP contribution in [-0.4, -0.2) is 46.2 Å². The fourth-order valence-corrected chi connectivity index (χ4v) is 1.32. The monoisotopic (exact) mass is 214 g/mol. The number of nitrogens with zero attached hydrogens (tertiary/aromatic N) is 3. The van der Waals surface area contributed by atoms with Gasteiger partial charge in [0.05, 0.1) is 13.2 Å². The molecular formula is C9H18N4O2. The third-order valence-corrected chi connectivity index (χ3v) is 2.20. The van der Waals surface area contributed by atoms with Crippen molar-refractivity contribution in [1.29, 1.82) is 0 Å². The average molecular weight is 214 g/mol. The van der Waals surface area contributed by atoms with E-state index in [4.69, 9.17) is 9.84 Å². The lowest BCUT2D eigenvalue weighted by atomic mass is 10.2. The highest BCUT2D eigenvalue weighted by molar-refractivity contribution is 4.83. The van der Waals surface area contributed by atoms with Gasteiger partial charge in [-0.1, -0.05) is 0 Å². The minimum atomic E-state index is 0.150. The maximum absolute atomic E-state index is 8.85. The maximum Gasteiger partial charge on any atom is 0.140 e. The molecule has 15 heavy (non-hydrogen) atoms. The van der Waals surface area contributed by atoms with Crippen LogP contribution in [0.2, 0.25) is 0 Å². The second-order valence-electron chi connectivity index (χ2n) is 3.35. The molecule has 0 aliphatic rings. The first kappa shape index (κ1) is 12.1. The number of hydrogen-bond acceptors (Lipinski definition) is 5. The summed E-state index contributed by atoms with van der Waals surface area (Å²) in [6.07, 6.45) is 2.19. The molecule has 1 unspecified atom stereocenters. The predicted octanol–water partition coefficient (Wildman–Crippen LogP) is -0.698. The zero-order valence-corrected chi connectivity index (χ0v) is 9.18. The van der Waals surface area contributed by atoms with Crippen LogP contribution in [0.15, 0.2) is 6.33 Å². The summed E-state index contributed by atoms with van der Waals surface area (Å²) in [4.78, 5) is 4.09. The Labute approximate surface area is 89.3 Å². The number of ether oxygens (including phenoxy) is 1. The first-order chi connectivity index (χ1) is 7.27. The summed E-state index contributed by atoms with van der Waals surface area (Å²) >= 11 is 0. The van der Waals surface area contributed by atoms with E-state index in [-0.39, 0.29) is 12.6 Å². The molecule has 0 aliphatic carbocycles. The van der Waals surface area contributed by atoms with Crippen LogP contribution < -0.4 is 5.32 Å². The van der Waals surface area contributed by atoms with Crippen molar-refractivity contribution in [2.45, 2.75) is 19.0 Å². The second kappa shape index (κ2) is 6.49. The topological polar surface area (TPSA) is 72.2 Å². The Kier molecular flexibility index (Phi) is 5.23. The highest BCUT2D eigenvalue weighted by Crippen LogP contribution is 1.95. The smallest absolute Gasteiger partial charge is 0.140 e. The quantitative estimate of drug-likeness (QED) is 0.628. The third kappa shape index (κ3) is 3.94. The van der Waals surface area contributed by atoms with E-state index >= 15 is 0 Å². The number of methoxy groups -OCH3 is 1. The molecule has 1 atom stereocenters. The molecule has 1 aromatic rings. The largest absolute Gasteiger partial charge is 0.396 e. The van der Waals surface area contributed by atoms with Gasteiger partial charge >= 0.3 is 0 Å². The molecule has 6 nitrogen and oxygen atoms in total. The van der Waals surface area contributed by atoms with E-state index in [1.807, 2.05) is 7.05 Å². The summed E-state index contributed by atoms with van der Waals surface area (Å²) in [6, 6.07) is 0.150. The summed E-state index contributed by atoms with van der Waals surface area (Å²) in [5.74, 6) is 0.869. The van der Waals surface area contributed by atoms with Crippen LogP contribution in [-0.2, 0) is 18.3 Å². The first-order valence-electron chi connectivity index (χ1n) is 4.94. The molecule has 0 radical (unpaired) electrons. The molecule has 0 amide bonds. The fraction of sp³-hybridized carbons (Fsp3) is 0.778. The Hall–Kier alpha value is -0.980. The Morgan fingerprint density at radius 3 is 3.00 bits per heavy atom. The molecule has 0 aliphatic heterocycles. The van der Waals surface area contributed by atoms with Crippen LogP contribution in [0.4, 0.5) is 0 Å². The molecule has 1 rings (SSSR count). The van der Waals surface area contributed by atoms with Gasteiger partial charge in [-0.2, -0.15) is 5.10 Å². The molecule has 86 valence electrons. The lowest BCUT2D eigenvalue weighted by Crippen LogP contribution is -2.34. The SMILES string of the molecule is COCC(CCO)NCc1ncnn1C. The van der Waals surface area contributed by atoms with Gasteiger partial charge in [0, 0.05) is 26.8 Å². The fourth-order valence-electron chi connectivity index (χ4n) is 1.32. The van der Waals surface area contributed by atoms with Crippen LogP contribution in [0.25, 0.3) is 0 Å². The van der Waals surface area contributed by atoms with Crippen LogP contribution in [0, 0.1) is 0 Å². The number of aliphatic hydroxyl groups is 1. The number of rotatable bonds is 7. The van der Waals surface area contributed by atoms with Gasteiger partial charge in [0.2, 0.25) is 0 Å². The first-order valence-corrected chi connectivity index (χ1v) is 4.94. The van der Waals surface area contributed by atoms with E-state index in [1.54, 1.807) is 11.8 Å². The van der Waals surface area contributed by atoms with Gasteiger partial charge in [0.25, 0.3) is 0 Å². The van der Waals surface area contributed by atoms with E-state index in [0.717, 1.165) is 5.82 Å². The summed E-state index contributed by atoms with van der Waals surface area (Å²) in [6.45, 7) is 1.36. The number of hydrogen-bond donors (Lipinski definition) is 2. The summed E-state index contributed by atoms with van der Waals surface area (Å²) < 4.78 is 6.76. The molecule has 0 aromatic carbocycles. The normalized spacial score (nSPS) is 13.0. The van der Waals surface area contributed by atoms with Crippen molar-refractivity contribution in [3.63, 3.8) is 0 Å². The van der Waals surface area contributed by atoms with Crippen molar-refractivity contribution in [3.05, 3.63) is 12.2 Å². The minimum absolute atomic E-state index is 0.150. The molecule has 0 saturated carbocycles. The lowest BCUT2D eigenvalue weighted by molar-refractivity contribution is 0.147. The van der Waals surface area contributed by atoms with E-state index in [1.165, 1.54) is 6.33 Å². The highest BCUT2D eigenvalue weighted by Gasteiger charge is 2.08. The standard InChI is InChI=1S/C9H18N4O2/c1-13-9(11-7-12-13)5-10-8(3-4-14)6-15-2/h7-8,10,14H,3-6H2,1-2H3. The maximum atomic E-state index is 8.85. The molecule has 2 N–H and O–H groups in total. The van der Waals surface area contributed by atoms with Gasteiger partial charge < -0.3 is 15.2 Å². The molecule has 0 spiro atoms. The molecule has 0 saturated heterocycles. The number of aryl methyl sites for hydroxylation is 1. The zero-order chi connectivity index (χ0) is 11.1. The second-order valence-corrected chi connectivity index (χ2v) is 3.35. The zero-order valence-electron chi connectivity index (χ0n) is 9.18.